The van der Waals surface area contributed by atoms with Crippen LogP contribution >= 0.6 is 0 Å². The summed E-state index contributed by atoms with van der Waals surface area (Å²) in [5.41, 5.74) is 4.05. The third kappa shape index (κ3) is 5.19. The first-order chi connectivity index (χ1) is 11.1. The highest BCUT2D eigenvalue weighted by Gasteiger charge is 2.16. The van der Waals surface area contributed by atoms with E-state index in [0.717, 1.165) is 16.8 Å². The molecule has 0 bridgehead atoms. The van der Waals surface area contributed by atoms with Gasteiger partial charge in [0.2, 0.25) is 0 Å². The van der Waals surface area contributed by atoms with Crippen LogP contribution < -0.4 is 5.32 Å². The van der Waals surface area contributed by atoms with Crippen molar-refractivity contribution in [3.63, 3.8) is 0 Å². The molecule has 0 radical (unpaired) electrons. The smallest absolute Gasteiger partial charge is 0.341 e. The van der Waals surface area contributed by atoms with E-state index in [1.165, 1.54) is 5.56 Å². The average molecular weight is 307 g/mol. The Labute approximate surface area is 137 Å². The normalized spacial score (nSPS) is 11.1. The number of aryl methyl sites for hydroxylation is 2. The fraction of sp³-hybridized carbons (Fsp3) is 0.250. The van der Waals surface area contributed by atoms with Gasteiger partial charge in [-0.25, -0.2) is 4.79 Å². The van der Waals surface area contributed by atoms with Crippen molar-refractivity contribution < 1.29 is 9.53 Å². The standard InChI is InChI=1S/C20H21NO2/c1-4-23-20(22)19(21-18-12-7-16(3)8-13-18)14-11-17-9-5-15(2)6-10-17/h5-10,12-13,19,21H,4H2,1-3H3. The number of ether oxygens (including phenoxy) is 1. The molecule has 1 N–H and O–H groups in total. The maximum Gasteiger partial charge on any atom is 0.341 e. The van der Waals surface area contributed by atoms with Crippen LogP contribution in [0.1, 0.15) is 23.6 Å². The second kappa shape index (κ2) is 8.05. The summed E-state index contributed by atoms with van der Waals surface area (Å²) in [5.74, 6) is 5.63. The molecule has 0 amide bonds. The van der Waals surface area contributed by atoms with Gasteiger partial charge in [-0.05, 0) is 45.0 Å². The number of benzene rings is 2. The van der Waals surface area contributed by atoms with Crippen LogP contribution in [0, 0.1) is 25.7 Å². The van der Waals surface area contributed by atoms with E-state index in [-0.39, 0.29) is 5.97 Å². The minimum Gasteiger partial charge on any atom is -0.464 e. The minimum absolute atomic E-state index is 0.330. The first-order valence-electron chi connectivity index (χ1n) is 7.66. The summed E-state index contributed by atoms with van der Waals surface area (Å²) in [7, 11) is 0. The molecular weight excluding hydrogens is 286 g/mol. The van der Waals surface area contributed by atoms with Gasteiger partial charge < -0.3 is 10.1 Å². The van der Waals surface area contributed by atoms with Crippen LogP contribution in [0.4, 0.5) is 5.69 Å². The highest BCUT2D eigenvalue weighted by molar-refractivity contribution is 5.83. The molecule has 3 heteroatoms. The lowest BCUT2D eigenvalue weighted by molar-refractivity contribution is -0.142. The number of hydrogen-bond acceptors (Lipinski definition) is 3. The largest absolute Gasteiger partial charge is 0.464 e. The molecule has 0 aliphatic rings. The third-order valence-corrected chi connectivity index (χ3v) is 3.30. The topological polar surface area (TPSA) is 38.3 Å². The molecule has 2 aromatic carbocycles. The molecule has 0 fully saturated rings. The zero-order chi connectivity index (χ0) is 16.7. The Morgan fingerprint density at radius 1 is 1.04 bits per heavy atom. The number of esters is 1. The molecule has 0 saturated heterocycles. The zero-order valence-corrected chi connectivity index (χ0v) is 13.7. The van der Waals surface area contributed by atoms with E-state index < -0.39 is 6.04 Å². The number of carbonyl (C=O) groups excluding carboxylic acids is 1. The maximum absolute atomic E-state index is 12.1. The van der Waals surface area contributed by atoms with Crippen molar-refractivity contribution in [1.82, 2.24) is 0 Å². The van der Waals surface area contributed by atoms with Crippen molar-refractivity contribution in [3.05, 3.63) is 65.2 Å². The Morgan fingerprint density at radius 3 is 2.17 bits per heavy atom. The molecular formula is C20H21NO2. The Kier molecular flexibility index (Phi) is 5.82. The molecule has 2 aromatic rings. The summed E-state index contributed by atoms with van der Waals surface area (Å²) in [6.45, 7) is 6.16. The van der Waals surface area contributed by atoms with Crippen LogP contribution in [-0.4, -0.2) is 18.6 Å². The van der Waals surface area contributed by atoms with E-state index in [1.54, 1.807) is 6.92 Å². The number of nitrogens with one attached hydrogen (secondary N) is 1. The second-order valence-corrected chi connectivity index (χ2v) is 5.33. The van der Waals surface area contributed by atoms with Crippen molar-refractivity contribution in [2.75, 3.05) is 11.9 Å². The van der Waals surface area contributed by atoms with E-state index in [1.807, 2.05) is 62.4 Å². The summed E-state index contributed by atoms with van der Waals surface area (Å²) in [5, 5.41) is 3.12. The summed E-state index contributed by atoms with van der Waals surface area (Å²) >= 11 is 0. The lowest BCUT2D eigenvalue weighted by Crippen LogP contribution is -2.30. The quantitative estimate of drug-likeness (QED) is 0.691. The van der Waals surface area contributed by atoms with Gasteiger partial charge in [-0.15, -0.1) is 0 Å². The average Bonchev–Trinajstić information content (AvgIpc) is 2.55. The molecule has 0 aliphatic heterocycles. The van der Waals surface area contributed by atoms with Crippen LogP contribution in [-0.2, 0) is 9.53 Å². The molecule has 0 aliphatic carbocycles. The minimum atomic E-state index is -0.695. The van der Waals surface area contributed by atoms with Crippen molar-refractivity contribution in [2.24, 2.45) is 0 Å². The van der Waals surface area contributed by atoms with Crippen LogP contribution in [0.3, 0.4) is 0 Å². The number of anilines is 1. The lowest BCUT2D eigenvalue weighted by Gasteiger charge is -2.13. The molecule has 1 unspecified atom stereocenters. The Bertz CT molecular complexity index is 706. The molecule has 0 aromatic heterocycles. The number of carbonyl (C=O) groups is 1. The van der Waals surface area contributed by atoms with Crippen LogP contribution in [0.5, 0.6) is 0 Å². The molecule has 0 spiro atoms. The van der Waals surface area contributed by atoms with E-state index in [4.69, 9.17) is 4.74 Å². The second-order valence-electron chi connectivity index (χ2n) is 5.33. The van der Waals surface area contributed by atoms with Gasteiger partial charge in [0, 0.05) is 11.3 Å². The van der Waals surface area contributed by atoms with Gasteiger partial charge in [-0.3, -0.25) is 0 Å². The summed E-state index contributed by atoms with van der Waals surface area (Å²) in [4.78, 5) is 12.1. The SMILES string of the molecule is CCOC(=O)C(C#Cc1ccc(C)cc1)Nc1ccc(C)cc1. The van der Waals surface area contributed by atoms with Gasteiger partial charge in [0.25, 0.3) is 0 Å². The Hall–Kier alpha value is -2.73. The summed E-state index contributed by atoms with van der Waals surface area (Å²) < 4.78 is 5.10. The molecule has 2 rings (SSSR count). The lowest BCUT2D eigenvalue weighted by atomic mass is 10.1. The molecule has 23 heavy (non-hydrogen) atoms. The number of rotatable bonds is 4. The fourth-order valence-electron chi connectivity index (χ4n) is 1.99. The fourth-order valence-corrected chi connectivity index (χ4v) is 1.99. The zero-order valence-electron chi connectivity index (χ0n) is 13.7. The van der Waals surface area contributed by atoms with Crippen molar-refractivity contribution in [2.45, 2.75) is 26.8 Å². The predicted octanol–water partition coefficient (Wildman–Crippen LogP) is 3.70. The van der Waals surface area contributed by atoms with Crippen molar-refractivity contribution in [3.8, 4) is 11.8 Å². The van der Waals surface area contributed by atoms with Gasteiger partial charge in [0.15, 0.2) is 6.04 Å². The molecule has 1 atom stereocenters. The first kappa shape index (κ1) is 16.6. The van der Waals surface area contributed by atoms with E-state index in [0.29, 0.717) is 6.61 Å². The Morgan fingerprint density at radius 2 is 1.61 bits per heavy atom. The highest BCUT2D eigenvalue weighted by atomic mass is 16.5. The van der Waals surface area contributed by atoms with E-state index in [9.17, 15) is 4.79 Å². The molecule has 0 heterocycles. The predicted molar refractivity (Wildman–Crippen MR) is 93.3 cm³/mol. The maximum atomic E-state index is 12.1. The van der Waals surface area contributed by atoms with Crippen molar-refractivity contribution >= 4 is 11.7 Å². The van der Waals surface area contributed by atoms with E-state index >= 15 is 0 Å². The third-order valence-electron chi connectivity index (χ3n) is 3.30. The van der Waals surface area contributed by atoms with Gasteiger partial charge >= 0.3 is 5.97 Å². The molecule has 118 valence electrons. The van der Waals surface area contributed by atoms with Gasteiger partial charge in [-0.1, -0.05) is 47.2 Å². The monoisotopic (exact) mass is 307 g/mol. The Balaban J connectivity index is 2.19. The summed E-state index contributed by atoms with van der Waals surface area (Å²) in [6.07, 6.45) is 0. The van der Waals surface area contributed by atoms with Crippen LogP contribution in [0.2, 0.25) is 0 Å². The van der Waals surface area contributed by atoms with Gasteiger partial charge in [0.05, 0.1) is 6.61 Å². The molecule has 0 saturated carbocycles. The molecule has 3 nitrogen and oxygen atoms in total. The van der Waals surface area contributed by atoms with Crippen LogP contribution in [0.25, 0.3) is 0 Å². The van der Waals surface area contributed by atoms with E-state index in [2.05, 4.69) is 17.2 Å². The van der Waals surface area contributed by atoms with Gasteiger partial charge in [0.1, 0.15) is 0 Å². The van der Waals surface area contributed by atoms with Crippen LogP contribution in [0.15, 0.2) is 48.5 Å². The first-order valence-corrected chi connectivity index (χ1v) is 7.66. The summed E-state index contributed by atoms with van der Waals surface area (Å²) in [6, 6.07) is 15.0. The highest BCUT2D eigenvalue weighted by Crippen LogP contribution is 2.11. The number of hydrogen-bond donors (Lipinski definition) is 1. The van der Waals surface area contributed by atoms with Gasteiger partial charge in [-0.2, -0.15) is 0 Å². The van der Waals surface area contributed by atoms with Crippen molar-refractivity contribution in [1.29, 1.82) is 0 Å².